The first-order valence-corrected chi connectivity index (χ1v) is 7.26. The first-order valence-electron chi connectivity index (χ1n) is 6.73. The molecule has 1 aromatic carbocycles. The van der Waals surface area contributed by atoms with Gasteiger partial charge in [0.1, 0.15) is 5.75 Å². The van der Waals surface area contributed by atoms with Gasteiger partial charge < -0.3 is 4.74 Å². The molecule has 2 heterocycles. The average Bonchev–Trinajstić information content (AvgIpc) is 2.47. The largest absolute Gasteiger partial charge is 0.439 e. The van der Waals surface area contributed by atoms with Crippen LogP contribution in [0.1, 0.15) is 16.8 Å². The zero-order chi connectivity index (χ0) is 14.8. The molecule has 0 radical (unpaired) electrons. The van der Waals surface area contributed by atoms with Crippen molar-refractivity contribution in [2.24, 2.45) is 0 Å². The first kappa shape index (κ1) is 13.8. The molecule has 0 saturated heterocycles. The number of pyridine rings is 2. The molecule has 0 aliphatic heterocycles. The van der Waals surface area contributed by atoms with Crippen molar-refractivity contribution in [2.45, 2.75) is 19.7 Å². The van der Waals surface area contributed by atoms with E-state index in [1.807, 2.05) is 50.2 Å². The Bertz CT molecular complexity index is 802. The fourth-order valence-corrected chi connectivity index (χ4v) is 2.62. The van der Waals surface area contributed by atoms with Gasteiger partial charge in [-0.05, 0) is 43.7 Å². The third kappa shape index (κ3) is 2.83. The van der Waals surface area contributed by atoms with Crippen molar-refractivity contribution < 1.29 is 4.74 Å². The van der Waals surface area contributed by atoms with E-state index >= 15 is 0 Å². The van der Waals surface area contributed by atoms with E-state index in [4.69, 9.17) is 16.3 Å². The first-order chi connectivity index (χ1) is 10.2. The second-order valence-electron chi connectivity index (χ2n) is 4.96. The summed E-state index contributed by atoms with van der Waals surface area (Å²) in [4.78, 5) is 8.79. The fraction of sp³-hybridized carbons (Fsp3) is 0.176. The second-order valence-corrected chi connectivity index (χ2v) is 5.23. The van der Waals surface area contributed by atoms with E-state index in [1.54, 1.807) is 6.20 Å². The number of alkyl halides is 1. The molecular weight excluding hydrogens is 284 g/mol. The Morgan fingerprint density at radius 2 is 2.00 bits per heavy atom. The molecule has 0 aliphatic carbocycles. The Labute approximate surface area is 128 Å². The second kappa shape index (κ2) is 5.70. The highest BCUT2D eigenvalue weighted by molar-refractivity contribution is 6.17. The molecule has 0 saturated carbocycles. The van der Waals surface area contributed by atoms with Crippen LogP contribution in [0, 0.1) is 13.8 Å². The molecule has 0 N–H and O–H groups in total. The van der Waals surface area contributed by atoms with Gasteiger partial charge in [-0.2, -0.15) is 0 Å². The van der Waals surface area contributed by atoms with Crippen LogP contribution in [0.4, 0.5) is 0 Å². The van der Waals surface area contributed by atoms with Gasteiger partial charge in [0.05, 0.1) is 11.4 Å². The standard InChI is InChI=1S/C17H15ClN2O/c1-11-8-12(2)20-17(15(11)10-18)21-14-6-5-13-4-3-7-19-16(13)9-14/h3-9H,10H2,1-2H3. The molecule has 0 bridgehead atoms. The predicted molar refractivity (Wildman–Crippen MR) is 85.1 cm³/mol. The van der Waals surface area contributed by atoms with Crippen molar-refractivity contribution >= 4 is 22.5 Å². The van der Waals surface area contributed by atoms with Crippen LogP contribution < -0.4 is 4.74 Å². The smallest absolute Gasteiger partial charge is 0.224 e. The minimum atomic E-state index is 0.375. The number of nitrogens with zero attached hydrogens (tertiary/aromatic N) is 2. The SMILES string of the molecule is Cc1cc(C)c(CCl)c(Oc2ccc3cccnc3c2)n1. The monoisotopic (exact) mass is 298 g/mol. The molecule has 3 nitrogen and oxygen atoms in total. The highest BCUT2D eigenvalue weighted by Crippen LogP contribution is 2.29. The van der Waals surface area contributed by atoms with Crippen LogP contribution in [0.15, 0.2) is 42.6 Å². The minimum absolute atomic E-state index is 0.375. The van der Waals surface area contributed by atoms with Gasteiger partial charge in [-0.25, -0.2) is 4.98 Å². The zero-order valence-corrected chi connectivity index (χ0v) is 12.7. The summed E-state index contributed by atoms with van der Waals surface area (Å²) in [6.07, 6.45) is 1.77. The molecule has 0 aliphatic rings. The van der Waals surface area contributed by atoms with Gasteiger partial charge in [-0.3, -0.25) is 4.98 Å². The van der Waals surface area contributed by atoms with E-state index in [-0.39, 0.29) is 0 Å². The average molecular weight is 299 g/mol. The van der Waals surface area contributed by atoms with Crippen LogP contribution in [-0.4, -0.2) is 9.97 Å². The number of aryl methyl sites for hydroxylation is 2. The Balaban J connectivity index is 2.02. The Kier molecular flexibility index (Phi) is 3.76. The van der Waals surface area contributed by atoms with Gasteiger partial charge in [-0.15, -0.1) is 11.6 Å². The maximum absolute atomic E-state index is 6.02. The summed E-state index contributed by atoms with van der Waals surface area (Å²) in [6.45, 7) is 3.96. The van der Waals surface area contributed by atoms with E-state index in [0.717, 1.165) is 27.7 Å². The van der Waals surface area contributed by atoms with Gasteiger partial charge in [-0.1, -0.05) is 6.07 Å². The molecule has 0 amide bonds. The molecule has 2 aromatic heterocycles. The van der Waals surface area contributed by atoms with Gasteiger partial charge in [0, 0.05) is 28.9 Å². The third-order valence-electron chi connectivity index (χ3n) is 3.36. The van der Waals surface area contributed by atoms with Crippen LogP contribution >= 0.6 is 11.6 Å². The van der Waals surface area contributed by atoms with Crippen molar-refractivity contribution in [3.8, 4) is 11.6 Å². The van der Waals surface area contributed by atoms with Crippen LogP contribution in [0.25, 0.3) is 10.9 Å². The lowest BCUT2D eigenvalue weighted by Gasteiger charge is -2.12. The van der Waals surface area contributed by atoms with Crippen molar-refractivity contribution in [3.63, 3.8) is 0 Å². The predicted octanol–water partition coefficient (Wildman–Crippen LogP) is 4.78. The lowest BCUT2D eigenvalue weighted by Crippen LogP contribution is -1.98. The number of hydrogen-bond acceptors (Lipinski definition) is 3. The van der Waals surface area contributed by atoms with Crippen LogP contribution in [0.2, 0.25) is 0 Å². The number of hydrogen-bond donors (Lipinski definition) is 0. The molecule has 0 atom stereocenters. The molecule has 0 fully saturated rings. The lowest BCUT2D eigenvalue weighted by atomic mass is 10.1. The lowest BCUT2D eigenvalue weighted by molar-refractivity contribution is 0.457. The number of aromatic nitrogens is 2. The summed E-state index contributed by atoms with van der Waals surface area (Å²) in [6, 6.07) is 11.8. The quantitative estimate of drug-likeness (QED) is 0.653. The summed E-state index contributed by atoms with van der Waals surface area (Å²) in [5.74, 6) is 1.66. The van der Waals surface area contributed by atoms with E-state index < -0.39 is 0 Å². The Hall–Kier alpha value is -2.13. The number of ether oxygens (including phenoxy) is 1. The molecule has 0 spiro atoms. The van der Waals surface area contributed by atoms with Crippen LogP contribution in [0.5, 0.6) is 11.6 Å². The van der Waals surface area contributed by atoms with Gasteiger partial charge >= 0.3 is 0 Å². The third-order valence-corrected chi connectivity index (χ3v) is 3.63. The molecule has 3 rings (SSSR count). The summed E-state index contributed by atoms with van der Waals surface area (Å²) in [5, 5.41) is 1.08. The Morgan fingerprint density at radius 1 is 1.14 bits per heavy atom. The van der Waals surface area contributed by atoms with Crippen molar-refractivity contribution in [1.82, 2.24) is 9.97 Å². The van der Waals surface area contributed by atoms with E-state index in [0.29, 0.717) is 17.5 Å². The number of fused-ring (bicyclic) bond motifs is 1. The summed E-state index contributed by atoms with van der Waals surface area (Å²) in [5.41, 5.74) is 3.82. The number of benzene rings is 1. The highest BCUT2D eigenvalue weighted by Gasteiger charge is 2.10. The van der Waals surface area contributed by atoms with Crippen LogP contribution in [-0.2, 0) is 5.88 Å². The summed E-state index contributed by atoms with van der Waals surface area (Å²) < 4.78 is 5.93. The van der Waals surface area contributed by atoms with Crippen molar-refractivity contribution in [3.05, 3.63) is 59.4 Å². The van der Waals surface area contributed by atoms with E-state index in [1.165, 1.54) is 0 Å². The molecule has 0 unspecified atom stereocenters. The topological polar surface area (TPSA) is 35.0 Å². The maximum Gasteiger partial charge on any atom is 0.224 e. The van der Waals surface area contributed by atoms with Gasteiger partial charge in [0.2, 0.25) is 5.88 Å². The molecule has 3 aromatic rings. The van der Waals surface area contributed by atoms with E-state index in [9.17, 15) is 0 Å². The van der Waals surface area contributed by atoms with Gasteiger partial charge in [0.25, 0.3) is 0 Å². The normalized spacial score (nSPS) is 10.8. The Morgan fingerprint density at radius 3 is 2.81 bits per heavy atom. The van der Waals surface area contributed by atoms with Crippen molar-refractivity contribution in [2.75, 3.05) is 0 Å². The van der Waals surface area contributed by atoms with Crippen LogP contribution in [0.3, 0.4) is 0 Å². The molecule has 21 heavy (non-hydrogen) atoms. The van der Waals surface area contributed by atoms with Crippen molar-refractivity contribution in [1.29, 1.82) is 0 Å². The number of rotatable bonds is 3. The summed E-state index contributed by atoms with van der Waals surface area (Å²) >= 11 is 6.02. The molecule has 4 heteroatoms. The maximum atomic E-state index is 6.02. The highest BCUT2D eigenvalue weighted by atomic mass is 35.5. The summed E-state index contributed by atoms with van der Waals surface area (Å²) in [7, 11) is 0. The zero-order valence-electron chi connectivity index (χ0n) is 11.9. The molecule has 106 valence electrons. The van der Waals surface area contributed by atoms with E-state index in [2.05, 4.69) is 9.97 Å². The van der Waals surface area contributed by atoms with Gasteiger partial charge in [0.15, 0.2) is 0 Å². The molecular formula is C17H15ClN2O. The fourth-order valence-electron chi connectivity index (χ4n) is 2.30. The number of halogens is 1. The minimum Gasteiger partial charge on any atom is -0.439 e.